The number of fused-ring (bicyclic) bond motifs is 2. The van der Waals surface area contributed by atoms with E-state index in [4.69, 9.17) is 19.3 Å². The number of carbonyl (C=O) groups excluding carboxylic acids is 2. The SMILES string of the molecule is COC(=O)c1cc(OC)c2c(C)c(-c3cc4cccc(C5CCN(C(=O)OC(C)(C)C)CC5)c4n3CC3CC3)nn2c1. The molecule has 2 aliphatic rings. The molecule has 4 aromatic rings. The molecule has 1 saturated heterocycles. The Labute approximate surface area is 246 Å². The van der Waals surface area contributed by atoms with Crippen molar-refractivity contribution in [2.75, 3.05) is 27.3 Å². The molecular weight excluding hydrogens is 532 g/mol. The van der Waals surface area contributed by atoms with Crippen LogP contribution >= 0.6 is 0 Å². The van der Waals surface area contributed by atoms with Gasteiger partial charge in [-0.1, -0.05) is 18.2 Å². The van der Waals surface area contributed by atoms with Crippen LogP contribution in [0.5, 0.6) is 5.75 Å². The van der Waals surface area contributed by atoms with Crippen LogP contribution in [0.3, 0.4) is 0 Å². The Kier molecular flexibility index (Phi) is 7.15. The van der Waals surface area contributed by atoms with E-state index in [0.717, 1.165) is 41.9 Å². The van der Waals surface area contributed by atoms with Crippen LogP contribution in [0.2, 0.25) is 0 Å². The Morgan fingerprint density at radius 2 is 1.76 bits per heavy atom. The lowest BCUT2D eigenvalue weighted by Gasteiger charge is -2.34. The number of rotatable bonds is 6. The van der Waals surface area contributed by atoms with Crippen molar-refractivity contribution in [3.8, 4) is 17.1 Å². The van der Waals surface area contributed by atoms with Crippen LogP contribution in [0, 0.1) is 12.8 Å². The Morgan fingerprint density at radius 3 is 2.40 bits per heavy atom. The van der Waals surface area contributed by atoms with E-state index in [0.29, 0.717) is 36.2 Å². The lowest BCUT2D eigenvalue weighted by molar-refractivity contribution is 0.0205. The average molecular weight is 573 g/mol. The average Bonchev–Trinajstić information content (AvgIpc) is 3.63. The molecule has 42 heavy (non-hydrogen) atoms. The molecule has 6 rings (SSSR count). The molecule has 0 N–H and O–H groups in total. The van der Waals surface area contributed by atoms with Crippen LogP contribution in [-0.2, 0) is 16.0 Å². The number of methoxy groups -OCH3 is 2. The topological polar surface area (TPSA) is 87.3 Å². The van der Waals surface area contributed by atoms with Crippen molar-refractivity contribution in [1.82, 2.24) is 19.1 Å². The van der Waals surface area contributed by atoms with Gasteiger partial charge in [0.05, 0.1) is 31.0 Å². The minimum absolute atomic E-state index is 0.230. The standard InChI is InChI=1S/C33H40N4O5/c1-20-28(34-37-19-24(31(38)41-6)17-27(40-5)29(20)37)26-16-23-8-7-9-25(30(23)36(26)18-21-10-11-21)22-12-14-35(15-13-22)32(39)42-33(2,3)4/h7-9,16-17,19,21-22H,10-15,18H2,1-6H3. The minimum atomic E-state index is -0.499. The number of aryl methyl sites for hydroxylation is 1. The van der Waals surface area contributed by atoms with E-state index in [1.807, 2.05) is 25.7 Å². The molecule has 4 heterocycles. The van der Waals surface area contributed by atoms with Crippen LogP contribution < -0.4 is 4.74 Å². The van der Waals surface area contributed by atoms with Crippen LogP contribution in [0.1, 0.15) is 73.9 Å². The molecule has 0 bridgehead atoms. The molecule has 9 nitrogen and oxygen atoms in total. The molecular formula is C33H40N4O5. The van der Waals surface area contributed by atoms with Crippen molar-refractivity contribution in [2.45, 2.75) is 71.4 Å². The number of likely N-dealkylation sites (tertiary alicyclic amines) is 1. The van der Waals surface area contributed by atoms with Crippen molar-refractivity contribution < 1.29 is 23.8 Å². The van der Waals surface area contributed by atoms with Crippen LogP contribution in [-0.4, -0.2) is 64.1 Å². The molecule has 0 spiro atoms. The summed E-state index contributed by atoms with van der Waals surface area (Å²) in [4.78, 5) is 26.9. The Balaban J connectivity index is 1.41. The van der Waals surface area contributed by atoms with E-state index in [9.17, 15) is 9.59 Å². The number of piperidine rings is 1. The zero-order valence-electron chi connectivity index (χ0n) is 25.4. The third-order valence-corrected chi connectivity index (χ3v) is 8.49. The van der Waals surface area contributed by atoms with Crippen molar-refractivity contribution >= 4 is 28.5 Å². The number of para-hydroxylation sites is 1. The van der Waals surface area contributed by atoms with Gasteiger partial charge in [0.2, 0.25) is 0 Å². The molecule has 1 aliphatic heterocycles. The molecule has 1 aliphatic carbocycles. The van der Waals surface area contributed by atoms with Crippen molar-refractivity contribution in [3.63, 3.8) is 0 Å². The number of hydrogen-bond acceptors (Lipinski definition) is 6. The number of amides is 1. The van der Waals surface area contributed by atoms with Gasteiger partial charge in [-0.15, -0.1) is 0 Å². The molecule has 9 heteroatoms. The monoisotopic (exact) mass is 572 g/mol. The molecule has 3 aromatic heterocycles. The lowest BCUT2D eigenvalue weighted by atomic mass is 9.88. The first-order valence-corrected chi connectivity index (χ1v) is 14.8. The number of nitrogens with zero attached hydrogens (tertiary/aromatic N) is 4. The number of esters is 1. The van der Waals surface area contributed by atoms with Gasteiger partial charge in [-0.2, -0.15) is 5.10 Å². The highest BCUT2D eigenvalue weighted by molar-refractivity contribution is 5.93. The summed E-state index contributed by atoms with van der Waals surface area (Å²) in [6.07, 6.45) is 5.72. The van der Waals surface area contributed by atoms with E-state index in [1.165, 1.54) is 36.4 Å². The highest BCUT2D eigenvalue weighted by atomic mass is 16.6. The molecule has 1 aromatic carbocycles. The summed E-state index contributed by atoms with van der Waals surface area (Å²) in [5.74, 6) is 1.14. The second-order valence-electron chi connectivity index (χ2n) is 12.7. The Hall–Kier alpha value is -4.01. The van der Waals surface area contributed by atoms with Crippen LogP contribution in [0.25, 0.3) is 27.8 Å². The maximum atomic E-state index is 12.7. The van der Waals surface area contributed by atoms with Gasteiger partial charge in [0.25, 0.3) is 0 Å². The second-order valence-corrected chi connectivity index (χ2v) is 12.7. The fourth-order valence-corrected chi connectivity index (χ4v) is 6.24. The Bertz CT molecular complexity index is 1670. The third kappa shape index (κ3) is 5.21. The zero-order chi connectivity index (χ0) is 29.8. The first-order chi connectivity index (χ1) is 20.1. The first kappa shape index (κ1) is 28.1. The molecule has 222 valence electrons. The Morgan fingerprint density at radius 1 is 1.02 bits per heavy atom. The molecule has 0 radical (unpaired) electrons. The van der Waals surface area contributed by atoms with Crippen molar-refractivity contribution in [1.29, 1.82) is 0 Å². The number of pyridine rings is 1. The second kappa shape index (κ2) is 10.7. The van der Waals surface area contributed by atoms with Crippen molar-refractivity contribution in [3.05, 3.63) is 53.2 Å². The summed E-state index contributed by atoms with van der Waals surface area (Å²) in [7, 11) is 2.97. The van der Waals surface area contributed by atoms with Crippen molar-refractivity contribution in [2.24, 2.45) is 5.92 Å². The maximum Gasteiger partial charge on any atom is 0.410 e. The molecule has 1 amide bonds. The number of carbonyl (C=O) groups is 2. The van der Waals surface area contributed by atoms with Gasteiger partial charge in [-0.3, -0.25) is 0 Å². The van der Waals surface area contributed by atoms with Crippen LogP contribution in [0.15, 0.2) is 36.5 Å². The highest BCUT2D eigenvalue weighted by Gasteiger charge is 2.31. The maximum absolute atomic E-state index is 12.7. The van der Waals surface area contributed by atoms with Gasteiger partial charge in [-0.05, 0) is 82.9 Å². The summed E-state index contributed by atoms with van der Waals surface area (Å²) in [6.45, 7) is 10.1. The van der Waals surface area contributed by atoms with E-state index >= 15 is 0 Å². The minimum Gasteiger partial charge on any atom is -0.494 e. The van der Waals surface area contributed by atoms with Crippen LogP contribution in [0.4, 0.5) is 4.79 Å². The number of ether oxygens (including phenoxy) is 3. The van der Waals surface area contributed by atoms with Gasteiger partial charge < -0.3 is 23.7 Å². The third-order valence-electron chi connectivity index (χ3n) is 8.49. The number of hydrogen-bond donors (Lipinski definition) is 0. The fourth-order valence-electron chi connectivity index (χ4n) is 6.24. The predicted molar refractivity (Wildman–Crippen MR) is 161 cm³/mol. The zero-order valence-corrected chi connectivity index (χ0v) is 25.4. The summed E-state index contributed by atoms with van der Waals surface area (Å²) < 4.78 is 20.5. The lowest BCUT2D eigenvalue weighted by Crippen LogP contribution is -2.41. The van der Waals surface area contributed by atoms with Gasteiger partial charge >= 0.3 is 12.1 Å². The highest BCUT2D eigenvalue weighted by Crippen LogP contribution is 2.41. The largest absolute Gasteiger partial charge is 0.494 e. The van der Waals surface area contributed by atoms with E-state index < -0.39 is 11.6 Å². The fraction of sp³-hybridized carbons (Fsp3) is 0.485. The quantitative estimate of drug-likeness (QED) is 0.243. The number of benzene rings is 1. The first-order valence-electron chi connectivity index (χ1n) is 14.8. The predicted octanol–water partition coefficient (Wildman–Crippen LogP) is 6.58. The molecule has 1 saturated carbocycles. The molecule has 0 unspecified atom stereocenters. The van der Waals surface area contributed by atoms with Gasteiger partial charge in [0.1, 0.15) is 22.6 Å². The van der Waals surface area contributed by atoms with Gasteiger partial charge in [-0.25, -0.2) is 14.1 Å². The summed E-state index contributed by atoms with van der Waals surface area (Å²) in [6, 6.07) is 10.5. The molecule has 0 atom stereocenters. The summed E-state index contributed by atoms with van der Waals surface area (Å²) >= 11 is 0. The van der Waals surface area contributed by atoms with Gasteiger partial charge in [0.15, 0.2) is 0 Å². The molecule has 2 fully saturated rings. The van der Waals surface area contributed by atoms with E-state index in [-0.39, 0.29) is 6.09 Å². The van der Waals surface area contributed by atoms with E-state index in [1.54, 1.807) is 23.9 Å². The van der Waals surface area contributed by atoms with Gasteiger partial charge in [0, 0.05) is 36.8 Å². The van der Waals surface area contributed by atoms with E-state index in [2.05, 4.69) is 35.8 Å². The smallest absolute Gasteiger partial charge is 0.410 e. The normalized spacial score (nSPS) is 16.3. The summed E-state index contributed by atoms with van der Waals surface area (Å²) in [5, 5.41) is 6.19. The number of aromatic nitrogens is 3. The summed E-state index contributed by atoms with van der Waals surface area (Å²) in [5.41, 5.74) is 6.24.